The van der Waals surface area contributed by atoms with Gasteiger partial charge < -0.3 is 10.6 Å². The van der Waals surface area contributed by atoms with Crippen molar-refractivity contribution in [3.05, 3.63) is 77.9 Å². The maximum atomic E-state index is 12.2. The molecule has 3 rings (SSSR count). The zero-order chi connectivity index (χ0) is 21.3. The number of aryl methyl sites for hydroxylation is 1. The fraction of sp³-hybridized carbons (Fsp3) is 0.280. The van der Waals surface area contributed by atoms with Crippen LogP contribution in [0.1, 0.15) is 36.9 Å². The highest BCUT2D eigenvalue weighted by molar-refractivity contribution is 7.99. The van der Waals surface area contributed by atoms with Crippen molar-refractivity contribution in [3.63, 3.8) is 0 Å². The third-order valence-corrected chi connectivity index (χ3v) is 5.92. The van der Waals surface area contributed by atoms with Crippen LogP contribution in [-0.4, -0.2) is 23.3 Å². The van der Waals surface area contributed by atoms with Gasteiger partial charge in [-0.2, -0.15) is 11.8 Å². The van der Waals surface area contributed by atoms with Crippen molar-refractivity contribution in [3.8, 4) is 0 Å². The Kier molecular flexibility index (Phi) is 7.91. The second-order valence-electron chi connectivity index (χ2n) is 7.47. The molecule has 0 radical (unpaired) electrons. The average Bonchev–Trinajstić information content (AvgIpc) is 2.73. The van der Waals surface area contributed by atoms with Crippen LogP contribution in [0.15, 0.2) is 66.7 Å². The first-order chi connectivity index (χ1) is 14.5. The van der Waals surface area contributed by atoms with E-state index in [0.717, 1.165) is 29.0 Å². The maximum Gasteiger partial charge on any atom is 0.230 e. The molecule has 0 unspecified atom stereocenters. The van der Waals surface area contributed by atoms with E-state index in [1.165, 1.54) is 10.8 Å². The number of hydrogen-bond acceptors (Lipinski definition) is 3. The standard InChI is InChI=1S/C25H28N2O2S/c1-18-7-5-10-23(15-18)27-24(28)11-6-14-30-17-25(29)26-19(2)21-13-12-20-8-3-4-9-22(20)16-21/h3-5,7-10,12-13,15-16,19H,6,11,14,17H2,1-2H3,(H,26,29)(H,27,28)/t19-/m0/s1. The second-order valence-corrected chi connectivity index (χ2v) is 8.57. The number of benzene rings is 3. The topological polar surface area (TPSA) is 58.2 Å². The maximum absolute atomic E-state index is 12.2. The minimum atomic E-state index is -0.0391. The Morgan fingerprint density at radius 3 is 2.53 bits per heavy atom. The molecule has 2 N–H and O–H groups in total. The summed E-state index contributed by atoms with van der Waals surface area (Å²) in [4.78, 5) is 24.3. The molecule has 0 spiro atoms. The molecule has 0 saturated heterocycles. The Balaban J connectivity index is 1.34. The van der Waals surface area contributed by atoms with Crippen LogP contribution in [0.5, 0.6) is 0 Å². The Labute approximate surface area is 182 Å². The lowest BCUT2D eigenvalue weighted by atomic mass is 10.0. The molecule has 0 aliphatic heterocycles. The average molecular weight is 421 g/mol. The molecule has 3 aromatic carbocycles. The molecule has 0 aromatic heterocycles. The van der Waals surface area contributed by atoms with Crippen LogP contribution in [0.4, 0.5) is 5.69 Å². The number of thioether (sulfide) groups is 1. The van der Waals surface area contributed by atoms with E-state index in [9.17, 15) is 9.59 Å². The minimum absolute atomic E-state index is 0.00979. The summed E-state index contributed by atoms with van der Waals surface area (Å²) in [6.07, 6.45) is 1.20. The zero-order valence-electron chi connectivity index (χ0n) is 17.5. The monoisotopic (exact) mass is 420 g/mol. The van der Waals surface area contributed by atoms with Crippen molar-refractivity contribution in [2.45, 2.75) is 32.7 Å². The summed E-state index contributed by atoms with van der Waals surface area (Å²) >= 11 is 1.56. The van der Waals surface area contributed by atoms with Gasteiger partial charge in [-0.1, -0.05) is 48.5 Å². The fourth-order valence-corrected chi connectivity index (χ4v) is 4.05. The van der Waals surface area contributed by atoms with Crippen LogP contribution in [0, 0.1) is 6.92 Å². The summed E-state index contributed by atoms with van der Waals surface area (Å²) in [6, 6.07) is 22.2. The highest BCUT2D eigenvalue weighted by atomic mass is 32.2. The molecule has 0 saturated carbocycles. The lowest BCUT2D eigenvalue weighted by Crippen LogP contribution is -2.28. The molecule has 0 fully saturated rings. The molecule has 1 atom stereocenters. The van der Waals surface area contributed by atoms with Crippen molar-refractivity contribution >= 4 is 40.0 Å². The summed E-state index contributed by atoms with van der Waals surface area (Å²) in [6.45, 7) is 4.00. The van der Waals surface area contributed by atoms with Gasteiger partial charge >= 0.3 is 0 Å². The van der Waals surface area contributed by atoms with Crippen LogP contribution in [0.25, 0.3) is 10.8 Å². The Morgan fingerprint density at radius 1 is 0.933 bits per heavy atom. The van der Waals surface area contributed by atoms with Crippen LogP contribution in [0.3, 0.4) is 0 Å². The van der Waals surface area contributed by atoms with E-state index in [2.05, 4.69) is 41.0 Å². The van der Waals surface area contributed by atoms with Gasteiger partial charge in [0.25, 0.3) is 0 Å². The first-order valence-corrected chi connectivity index (χ1v) is 11.4. The first-order valence-electron chi connectivity index (χ1n) is 10.2. The molecule has 2 amide bonds. The Morgan fingerprint density at radius 2 is 1.73 bits per heavy atom. The van der Waals surface area contributed by atoms with Crippen LogP contribution in [0.2, 0.25) is 0 Å². The van der Waals surface area contributed by atoms with Crippen LogP contribution in [-0.2, 0) is 9.59 Å². The number of nitrogens with one attached hydrogen (secondary N) is 2. The normalized spacial score (nSPS) is 11.8. The van der Waals surface area contributed by atoms with Gasteiger partial charge in [-0.05, 0) is 66.1 Å². The Bertz CT molecular complexity index is 1020. The summed E-state index contributed by atoms with van der Waals surface area (Å²) in [5, 5.41) is 8.34. The molecular weight excluding hydrogens is 392 g/mol. The van der Waals surface area contributed by atoms with Crippen molar-refractivity contribution in [2.75, 3.05) is 16.8 Å². The molecular formula is C25H28N2O2S. The number of carbonyl (C=O) groups is 2. The van der Waals surface area contributed by atoms with Crippen molar-refractivity contribution in [2.24, 2.45) is 0 Å². The predicted molar refractivity (Wildman–Crippen MR) is 127 cm³/mol. The molecule has 0 aliphatic rings. The van der Waals surface area contributed by atoms with Gasteiger partial charge in [-0.15, -0.1) is 0 Å². The molecule has 0 heterocycles. The lowest BCUT2D eigenvalue weighted by Gasteiger charge is -2.15. The summed E-state index contributed by atoms with van der Waals surface area (Å²) in [7, 11) is 0. The molecule has 4 nitrogen and oxygen atoms in total. The van der Waals surface area contributed by atoms with Gasteiger partial charge in [-0.3, -0.25) is 9.59 Å². The number of hydrogen-bond donors (Lipinski definition) is 2. The number of fused-ring (bicyclic) bond motifs is 1. The summed E-state index contributed by atoms with van der Waals surface area (Å²) in [5.41, 5.74) is 3.04. The predicted octanol–water partition coefficient (Wildman–Crippen LogP) is 5.48. The van der Waals surface area contributed by atoms with Gasteiger partial charge in [0.1, 0.15) is 0 Å². The molecule has 5 heteroatoms. The summed E-state index contributed by atoms with van der Waals surface area (Å²) < 4.78 is 0. The number of carbonyl (C=O) groups excluding carboxylic acids is 2. The van der Waals surface area contributed by atoms with E-state index in [0.29, 0.717) is 12.2 Å². The molecule has 3 aromatic rings. The van der Waals surface area contributed by atoms with Crippen LogP contribution < -0.4 is 10.6 Å². The highest BCUT2D eigenvalue weighted by Gasteiger charge is 2.10. The van der Waals surface area contributed by atoms with Crippen molar-refractivity contribution in [1.29, 1.82) is 0 Å². The number of anilines is 1. The van der Waals surface area contributed by atoms with E-state index >= 15 is 0 Å². The number of amides is 2. The third-order valence-electron chi connectivity index (χ3n) is 4.88. The minimum Gasteiger partial charge on any atom is -0.349 e. The largest absolute Gasteiger partial charge is 0.349 e. The molecule has 156 valence electrons. The Hall–Kier alpha value is -2.79. The van der Waals surface area contributed by atoms with Gasteiger partial charge in [0.05, 0.1) is 11.8 Å². The highest BCUT2D eigenvalue weighted by Crippen LogP contribution is 2.20. The first kappa shape index (κ1) is 21.9. The van der Waals surface area contributed by atoms with Gasteiger partial charge in [-0.25, -0.2) is 0 Å². The van der Waals surface area contributed by atoms with E-state index in [4.69, 9.17) is 0 Å². The number of rotatable bonds is 9. The fourth-order valence-electron chi connectivity index (χ4n) is 3.29. The third kappa shape index (κ3) is 6.63. The smallest absolute Gasteiger partial charge is 0.230 e. The van der Waals surface area contributed by atoms with E-state index in [1.54, 1.807) is 11.8 Å². The van der Waals surface area contributed by atoms with Crippen molar-refractivity contribution in [1.82, 2.24) is 5.32 Å². The molecule has 0 bridgehead atoms. The zero-order valence-corrected chi connectivity index (χ0v) is 18.3. The molecule has 0 aliphatic carbocycles. The lowest BCUT2D eigenvalue weighted by molar-refractivity contribution is -0.119. The van der Waals surface area contributed by atoms with E-state index in [1.807, 2.05) is 50.2 Å². The summed E-state index contributed by atoms with van der Waals surface area (Å²) in [5.74, 6) is 1.21. The van der Waals surface area contributed by atoms with Gasteiger partial charge in [0.2, 0.25) is 11.8 Å². The SMILES string of the molecule is Cc1cccc(NC(=O)CCCSCC(=O)N[C@@H](C)c2ccc3ccccc3c2)c1. The second kappa shape index (κ2) is 10.8. The van der Waals surface area contributed by atoms with Gasteiger partial charge in [0.15, 0.2) is 0 Å². The van der Waals surface area contributed by atoms with Crippen LogP contribution >= 0.6 is 11.8 Å². The van der Waals surface area contributed by atoms with Crippen molar-refractivity contribution < 1.29 is 9.59 Å². The van der Waals surface area contributed by atoms with E-state index < -0.39 is 0 Å². The van der Waals surface area contributed by atoms with E-state index in [-0.39, 0.29) is 17.9 Å². The van der Waals surface area contributed by atoms with Gasteiger partial charge in [0, 0.05) is 12.1 Å². The quantitative estimate of drug-likeness (QED) is 0.451. The molecule has 30 heavy (non-hydrogen) atoms.